The molecule has 0 saturated heterocycles. The molecule has 3 heterocycles. The van der Waals surface area contributed by atoms with Crippen LogP contribution in [-0.4, -0.2) is 39.9 Å². The highest BCUT2D eigenvalue weighted by Crippen LogP contribution is 2.43. The molecule has 1 fully saturated rings. The summed E-state index contributed by atoms with van der Waals surface area (Å²) in [5.74, 6) is -2.02. The lowest BCUT2D eigenvalue weighted by Gasteiger charge is -2.34. The molecule has 0 unspecified atom stereocenters. The molecule has 2 aliphatic rings. The van der Waals surface area contributed by atoms with Crippen LogP contribution in [0.1, 0.15) is 35.6 Å². The van der Waals surface area contributed by atoms with Crippen LogP contribution in [0.25, 0.3) is 11.1 Å². The zero-order valence-corrected chi connectivity index (χ0v) is 21.9. The fourth-order valence-electron chi connectivity index (χ4n) is 5.45. The lowest BCUT2D eigenvalue weighted by molar-refractivity contribution is -0.114. The Kier molecular flexibility index (Phi) is 7.18. The van der Waals surface area contributed by atoms with Gasteiger partial charge in [-0.25, -0.2) is 13.8 Å². The highest BCUT2D eigenvalue weighted by atomic mass is 19.3. The Balaban J connectivity index is 1.12. The van der Waals surface area contributed by atoms with Gasteiger partial charge in [-0.2, -0.15) is 10.4 Å². The molecule has 7 nitrogen and oxygen atoms in total. The Morgan fingerprint density at radius 1 is 1.10 bits per heavy atom. The maximum atomic E-state index is 13.2. The molecular formula is C31H30F2N6O. The summed E-state index contributed by atoms with van der Waals surface area (Å²) in [7, 11) is 0. The third-order valence-corrected chi connectivity index (χ3v) is 7.59. The van der Waals surface area contributed by atoms with E-state index in [2.05, 4.69) is 38.9 Å². The number of hydrogen-bond donors (Lipinski definition) is 2. The van der Waals surface area contributed by atoms with Crippen LogP contribution in [0.5, 0.6) is 5.88 Å². The van der Waals surface area contributed by atoms with Crippen molar-refractivity contribution in [2.24, 2.45) is 5.92 Å². The topological polar surface area (TPSA) is 87.8 Å². The molecule has 0 bridgehead atoms. The van der Waals surface area contributed by atoms with E-state index in [4.69, 9.17) is 10.00 Å². The number of ether oxygens (including phenoxy) is 1. The van der Waals surface area contributed by atoms with Gasteiger partial charge >= 0.3 is 0 Å². The van der Waals surface area contributed by atoms with Crippen LogP contribution < -0.4 is 15.4 Å². The van der Waals surface area contributed by atoms with E-state index >= 15 is 0 Å². The molecule has 2 aromatic heterocycles. The fourth-order valence-corrected chi connectivity index (χ4v) is 5.45. The molecule has 0 radical (unpaired) electrons. The summed E-state index contributed by atoms with van der Waals surface area (Å²) in [6.07, 6.45) is 5.89. The smallest absolute Gasteiger partial charge is 0.248 e. The first-order chi connectivity index (χ1) is 19.5. The van der Waals surface area contributed by atoms with Crippen LogP contribution >= 0.6 is 0 Å². The van der Waals surface area contributed by atoms with E-state index in [0.29, 0.717) is 24.5 Å². The first-order valence-corrected chi connectivity index (χ1v) is 13.5. The molecule has 2 aromatic carbocycles. The number of alkyl halides is 2. The third-order valence-electron chi connectivity index (χ3n) is 7.59. The van der Waals surface area contributed by atoms with Gasteiger partial charge in [0.05, 0.1) is 36.1 Å². The van der Waals surface area contributed by atoms with Gasteiger partial charge < -0.3 is 15.4 Å². The fraction of sp³-hybridized carbons (Fsp3) is 0.323. The van der Waals surface area contributed by atoms with E-state index in [1.165, 1.54) is 0 Å². The maximum Gasteiger partial charge on any atom is 0.248 e. The van der Waals surface area contributed by atoms with Gasteiger partial charge in [0.15, 0.2) is 0 Å². The number of anilines is 1. The number of halogens is 2. The Hall–Kier alpha value is -4.29. The Morgan fingerprint density at radius 2 is 1.90 bits per heavy atom. The van der Waals surface area contributed by atoms with Gasteiger partial charge in [0.2, 0.25) is 11.8 Å². The van der Waals surface area contributed by atoms with Crippen molar-refractivity contribution in [1.82, 2.24) is 20.1 Å². The van der Waals surface area contributed by atoms with Gasteiger partial charge in [0.1, 0.15) is 6.10 Å². The number of nitriles is 1. The largest absolute Gasteiger partial charge is 0.469 e. The van der Waals surface area contributed by atoms with Crippen molar-refractivity contribution in [3.05, 3.63) is 95.9 Å². The van der Waals surface area contributed by atoms with E-state index in [0.717, 1.165) is 40.9 Å². The first kappa shape index (κ1) is 26.0. The van der Waals surface area contributed by atoms with Crippen LogP contribution in [-0.2, 0) is 13.0 Å². The predicted octanol–water partition coefficient (Wildman–Crippen LogP) is 5.61. The molecule has 6 rings (SSSR count). The molecule has 1 aliphatic heterocycles. The first-order valence-electron chi connectivity index (χ1n) is 13.5. The quantitative estimate of drug-likeness (QED) is 0.287. The van der Waals surface area contributed by atoms with E-state index in [-0.39, 0.29) is 30.9 Å². The van der Waals surface area contributed by atoms with Gasteiger partial charge in [-0.05, 0) is 48.2 Å². The Bertz CT molecular complexity index is 1490. The van der Waals surface area contributed by atoms with Crippen molar-refractivity contribution < 1.29 is 13.5 Å². The molecule has 4 aromatic rings. The predicted molar refractivity (Wildman–Crippen MR) is 148 cm³/mol. The van der Waals surface area contributed by atoms with E-state index in [1.807, 2.05) is 54.7 Å². The van der Waals surface area contributed by atoms with Crippen molar-refractivity contribution in [3.63, 3.8) is 0 Å². The average molecular weight is 541 g/mol. The second-order valence-electron chi connectivity index (χ2n) is 10.6. The zero-order valence-electron chi connectivity index (χ0n) is 21.9. The SMILES string of the molecule is N#Cc1ccc(CCN[C@H](c2ccccc2)[C@@H]2CNc3cc(-c4cnn(CC5CC(F)(F)C5)c4)cnc3O2)cc1. The molecule has 0 amide bonds. The molecule has 2 N–H and O–H groups in total. The number of nitrogens with zero attached hydrogens (tertiary/aromatic N) is 4. The van der Waals surface area contributed by atoms with Crippen LogP contribution in [0.4, 0.5) is 14.5 Å². The summed E-state index contributed by atoms with van der Waals surface area (Å²) in [6, 6.07) is 22.0. The van der Waals surface area contributed by atoms with Crippen LogP contribution in [0.2, 0.25) is 0 Å². The molecule has 9 heteroatoms. The average Bonchev–Trinajstić information content (AvgIpc) is 3.43. The Labute approximate surface area is 231 Å². The van der Waals surface area contributed by atoms with Crippen molar-refractivity contribution in [2.45, 2.75) is 43.9 Å². The van der Waals surface area contributed by atoms with Gasteiger partial charge in [0, 0.05) is 42.9 Å². The maximum absolute atomic E-state index is 13.2. The number of aromatic nitrogens is 3. The van der Waals surface area contributed by atoms with Crippen molar-refractivity contribution in [2.75, 3.05) is 18.4 Å². The zero-order chi connectivity index (χ0) is 27.5. The van der Waals surface area contributed by atoms with E-state index in [1.54, 1.807) is 17.1 Å². The van der Waals surface area contributed by atoms with Crippen LogP contribution in [0.3, 0.4) is 0 Å². The van der Waals surface area contributed by atoms with Gasteiger partial charge in [-0.1, -0.05) is 42.5 Å². The lowest BCUT2D eigenvalue weighted by atomic mass is 9.81. The minimum atomic E-state index is -2.52. The lowest BCUT2D eigenvalue weighted by Crippen LogP contribution is -2.43. The number of nitrogens with one attached hydrogen (secondary N) is 2. The minimum Gasteiger partial charge on any atom is -0.469 e. The molecule has 40 heavy (non-hydrogen) atoms. The number of hydrogen-bond acceptors (Lipinski definition) is 6. The number of rotatable bonds is 9. The van der Waals surface area contributed by atoms with Crippen molar-refractivity contribution >= 4 is 5.69 Å². The molecule has 204 valence electrons. The summed E-state index contributed by atoms with van der Waals surface area (Å²) < 4.78 is 34.5. The van der Waals surface area contributed by atoms with Crippen molar-refractivity contribution in [1.29, 1.82) is 5.26 Å². The molecular weight excluding hydrogens is 510 g/mol. The summed E-state index contributed by atoms with van der Waals surface area (Å²) in [6.45, 7) is 1.83. The number of benzene rings is 2. The standard InChI is InChI=1S/C31H30F2N6O/c32-31(33)13-23(14-31)19-39-20-26(17-38-39)25-12-27-30(37-16-25)40-28(18-36-27)29(24-4-2-1-3-5-24)35-11-10-21-6-8-22(15-34)9-7-21/h1-9,12,16-17,20,23,28-29,35-36H,10-11,13-14,18-19H2/t28-,29+/m0/s1. The summed E-state index contributed by atoms with van der Waals surface area (Å²) in [5, 5.41) is 20.6. The third kappa shape index (κ3) is 5.82. The second kappa shape index (κ2) is 11.1. The van der Waals surface area contributed by atoms with Gasteiger partial charge in [-0.15, -0.1) is 0 Å². The highest BCUT2D eigenvalue weighted by molar-refractivity contribution is 5.69. The summed E-state index contributed by atoms with van der Waals surface area (Å²) in [5.41, 5.74) is 5.53. The summed E-state index contributed by atoms with van der Waals surface area (Å²) in [4.78, 5) is 4.61. The molecule has 2 atom stereocenters. The van der Waals surface area contributed by atoms with Crippen molar-refractivity contribution in [3.8, 4) is 23.1 Å². The number of pyridine rings is 1. The molecule has 1 aliphatic carbocycles. The Morgan fingerprint density at radius 3 is 2.65 bits per heavy atom. The normalized spacial score (nSPS) is 18.5. The van der Waals surface area contributed by atoms with Gasteiger partial charge in [-0.3, -0.25) is 4.68 Å². The van der Waals surface area contributed by atoms with Crippen LogP contribution in [0, 0.1) is 17.2 Å². The monoisotopic (exact) mass is 540 g/mol. The molecule has 0 spiro atoms. The second-order valence-corrected chi connectivity index (χ2v) is 10.6. The van der Waals surface area contributed by atoms with E-state index in [9.17, 15) is 8.78 Å². The van der Waals surface area contributed by atoms with Gasteiger partial charge in [0.25, 0.3) is 0 Å². The van der Waals surface area contributed by atoms with E-state index < -0.39 is 5.92 Å². The number of fused-ring (bicyclic) bond motifs is 1. The van der Waals surface area contributed by atoms with Crippen LogP contribution in [0.15, 0.2) is 79.3 Å². The summed E-state index contributed by atoms with van der Waals surface area (Å²) >= 11 is 0. The minimum absolute atomic E-state index is 0.0355. The molecule has 1 saturated carbocycles. The highest BCUT2D eigenvalue weighted by Gasteiger charge is 2.45.